The highest BCUT2D eigenvalue weighted by Crippen LogP contribution is 2.30. The molecule has 0 bridgehead atoms. The molecule has 23 heavy (non-hydrogen) atoms. The van der Waals surface area contributed by atoms with E-state index < -0.39 is 0 Å². The number of carbonyl (C=O) groups excluding carboxylic acids is 2. The summed E-state index contributed by atoms with van der Waals surface area (Å²) in [7, 11) is 0. The van der Waals surface area contributed by atoms with Gasteiger partial charge in [0.15, 0.2) is 0 Å². The highest BCUT2D eigenvalue weighted by atomic mass is 16.2. The van der Waals surface area contributed by atoms with E-state index in [1.54, 1.807) is 0 Å². The Kier molecular flexibility index (Phi) is 5.42. The van der Waals surface area contributed by atoms with Crippen LogP contribution < -0.4 is 16.0 Å². The predicted molar refractivity (Wildman–Crippen MR) is 92.1 cm³/mol. The summed E-state index contributed by atoms with van der Waals surface area (Å²) in [6.45, 7) is 8.58. The van der Waals surface area contributed by atoms with Crippen molar-refractivity contribution in [3.05, 3.63) is 29.8 Å². The lowest BCUT2D eigenvalue weighted by Gasteiger charge is -2.38. The Morgan fingerprint density at radius 1 is 1.35 bits per heavy atom. The van der Waals surface area contributed by atoms with Gasteiger partial charge in [0.05, 0.1) is 12.1 Å². The summed E-state index contributed by atoms with van der Waals surface area (Å²) in [6, 6.07) is 7.28. The van der Waals surface area contributed by atoms with Crippen molar-refractivity contribution in [1.29, 1.82) is 0 Å². The minimum Gasteiger partial charge on any atom is -0.348 e. The maximum absolute atomic E-state index is 12.6. The maximum atomic E-state index is 12.6. The number of hydrogen-bond acceptors (Lipinski definition) is 3. The molecule has 1 heterocycles. The molecule has 1 saturated heterocycles. The minimum atomic E-state index is -0.169. The number of piperidine rings is 1. The molecule has 3 N–H and O–H groups in total. The van der Waals surface area contributed by atoms with Crippen LogP contribution in [0.3, 0.4) is 0 Å². The van der Waals surface area contributed by atoms with Crippen LogP contribution in [0.5, 0.6) is 0 Å². The van der Waals surface area contributed by atoms with E-state index in [1.807, 2.05) is 31.2 Å². The highest BCUT2D eigenvalue weighted by molar-refractivity contribution is 5.88. The lowest BCUT2D eigenvalue weighted by atomic mass is 9.77. The van der Waals surface area contributed by atoms with E-state index in [-0.39, 0.29) is 29.3 Å². The van der Waals surface area contributed by atoms with Crippen LogP contribution in [0.4, 0.5) is 5.69 Å². The topological polar surface area (TPSA) is 70.2 Å². The third-order valence-electron chi connectivity index (χ3n) is 4.46. The number of amides is 2. The summed E-state index contributed by atoms with van der Waals surface area (Å²) in [5.74, 6) is -0.0703. The number of rotatable bonds is 4. The second-order valence-corrected chi connectivity index (χ2v) is 7.02. The van der Waals surface area contributed by atoms with Crippen molar-refractivity contribution < 1.29 is 9.59 Å². The zero-order valence-electron chi connectivity index (χ0n) is 14.4. The molecule has 126 valence electrons. The summed E-state index contributed by atoms with van der Waals surface area (Å²) >= 11 is 0. The molecule has 1 aromatic carbocycles. The molecule has 1 fully saturated rings. The van der Waals surface area contributed by atoms with Crippen LogP contribution in [0, 0.1) is 5.41 Å². The van der Waals surface area contributed by atoms with Gasteiger partial charge in [-0.1, -0.05) is 26.0 Å². The zero-order chi connectivity index (χ0) is 17.0. The largest absolute Gasteiger partial charge is 0.348 e. The van der Waals surface area contributed by atoms with E-state index in [2.05, 4.69) is 29.8 Å². The van der Waals surface area contributed by atoms with E-state index in [0.29, 0.717) is 0 Å². The Hall–Kier alpha value is -1.88. The molecule has 5 heteroatoms. The average Bonchev–Trinajstić information content (AvgIpc) is 2.46. The molecular formula is C18H27N3O2. The first-order valence-corrected chi connectivity index (χ1v) is 8.21. The molecule has 0 aliphatic carbocycles. The summed E-state index contributed by atoms with van der Waals surface area (Å²) in [4.78, 5) is 23.8. The van der Waals surface area contributed by atoms with Gasteiger partial charge < -0.3 is 16.0 Å². The van der Waals surface area contributed by atoms with Gasteiger partial charge in [-0.3, -0.25) is 9.59 Å². The molecule has 2 atom stereocenters. The fraction of sp³-hybridized carbons (Fsp3) is 0.556. The number of benzene rings is 1. The first-order valence-electron chi connectivity index (χ1n) is 8.21. The Labute approximate surface area is 138 Å². The quantitative estimate of drug-likeness (QED) is 0.799. The standard InChI is InChI=1S/C18H27N3O2/c1-12(14-7-5-8-15(11-14)21-13(2)22)20-17(23)16-18(3,4)9-6-10-19-16/h5,7-8,11-12,16,19H,6,9-10H2,1-4H3,(H,20,23)(H,21,22). The average molecular weight is 317 g/mol. The molecule has 0 aromatic heterocycles. The third-order valence-corrected chi connectivity index (χ3v) is 4.46. The zero-order valence-corrected chi connectivity index (χ0v) is 14.4. The Balaban J connectivity index is 2.04. The summed E-state index contributed by atoms with van der Waals surface area (Å²) in [5.41, 5.74) is 1.67. The Morgan fingerprint density at radius 3 is 2.74 bits per heavy atom. The minimum absolute atomic E-state index is 0.0344. The van der Waals surface area contributed by atoms with Gasteiger partial charge in [-0.25, -0.2) is 0 Å². The summed E-state index contributed by atoms with van der Waals surface area (Å²) in [6.07, 6.45) is 2.15. The van der Waals surface area contributed by atoms with Crippen LogP contribution >= 0.6 is 0 Å². The van der Waals surface area contributed by atoms with Gasteiger partial charge in [0.25, 0.3) is 0 Å². The number of nitrogens with one attached hydrogen (secondary N) is 3. The third kappa shape index (κ3) is 4.55. The van der Waals surface area contributed by atoms with Crippen molar-refractivity contribution in [1.82, 2.24) is 10.6 Å². The van der Waals surface area contributed by atoms with E-state index in [9.17, 15) is 9.59 Å². The van der Waals surface area contributed by atoms with Crippen LogP contribution in [0.25, 0.3) is 0 Å². The first-order chi connectivity index (χ1) is 10.8. The predicted octanol–water partition coefficient (Wildman–Crippen LogP) is 2.60. The van der Waals surface area contributed by atoms with Gasteiger partial charge in [0.2, 0.25) is 11.8 Å². The van der Waals surface area contributed by atoms with Gasteiger partial charge >= 0.3 is 0 Å². The molecule has 2 rings (SSSR count). The van der Waals surface area contributed by atoms with E-state index >= 15 is 0 Å². The summed E-state index contributed by atoms with van der Waals surface area (Å²) in [5, 5.41) is 9.19. The number of hydrogen-bond donors (Lipinski definition) is 3. The van der Waals surface area contributed by atoms with Gasteiger partial charge in [-0.2, -0.15) is 0 Å². The highest BCUT2D eigenvalue weighted by Gasteiger charge is 2.37. The molecule has 1 aromatic rings. The summed E-state index contributed by atoms with van der Waals surface area (Å²) < 4.78 is 0. The Morgan fingerprint density at radius 2 is 2.09 bits per heavy atom. The number of carbonyl (C=O) groups is 2. The monoisotopic (exact) mass is 317 g/mol. The van der Waals surface area contributed by atoms with Crippen molar-refractivity contribution in [3.63, 3.8) is 0 Å². The molecule has 2 amide bonds. The lowest BCUT2D eigenvalue weighted by Crippen LogP contribution is -2.55. The molecule has 0 spiro atoms. The van der Waals surface area contributed by atoms with Gasteiger partial charge in [-0.05, 0) is 49.4 Å². The van der Waals surface area contributed by atoms with Gasteiger partial charge in [-0.15, -0.1) is 0 Å². The van der Waals surface area contributed by atoms with Crippen molar-refractivity contribution >= 4 is 17.5 Å². The molecule has 1 aliphatic heterocycles. The van der Waals surface area contributed by atoms with Gasteiger partial charge in [0.1, 0.15) is 0 Å². The van der Waals surface area contributed by atoms with Crippen LogP contribution in [0.15, 0.2) is 24.3 Å². The lowest BCUT2D eigenvalue weighted by molar-refractivity contribution is -0.127. The van der Waals surface area contributed by atoms with Crippen LogP contribution in [-0.2, 0) is 9.59 Å². The normalized spacial score (nSPS) is 21.3. The fourth-order valence-electron chi connectivity index (χ4n) is 3.13. The molecular weight excluding hydrogens is 290 g/mol. The molecule has 0 saturated carbocycles. The van der Waals surface area contributed by atoms with E-state index in [1.165, 1.54) is 6.92 Å². The molecule has 1 aliphatic rings. The van der Waals surface area contributed by atoms with Crippen molar-refractivity contribution in [2.24, 2.45) is 5.41 Å². The van der Waals surface area contributed by atoms with Gasteiger partial charge in [0, 0.05) is 12.6 Å². The van der Waals surface area contributed by atoms with E-state index in [0.717, 1.165) is 30.6 Å². The van der Waals surface area contributed by atoms with Crippen LogP contribution in [0.2, 0.25) is 0 Å². The van der Waals surface area contributed by atoms with E-state index in [4.69, 9.17) is 0 Å². The second kappa shape index (κ2) is 7.13. The SMILES string of the molecule is CC(=O)Nc1cccc(C(C)NC(=O)C2NCCCC2(C)C)c1. The molecule has 5 nitrogen and oxygen atoms in total. The van der Waals surface area contributed by atoms with Crippen molar-refractivity contribution in [2.75, 3.05) is 11.9 Å². The molecule has 2 unspecified atom stereocenters. The van der Waals surface area contributed by atoms with Crippen LogP contribution in [0.1, 0.15) is 52.1 Å². The number of anilines is 1. The second-order valence-electron chi connectivity index (χ2n) is 7.02. The first kappa shape index (κ1) is 17.5. The van der Waals surface area contributed by atoms with Crippen molar-refractivity contribution in [3.8, 4) is 0 Å². The van der Waals surface area contributed by atoms with Crippen LogP contribution in [-0.4, -0.2) is 24.4 Å². The fourth-order valence-corrected chi connectivity index (χ4v) is 3.13. The maximum Gasteiger partial charge on any atom is 0.238 e. The molecule has 0 radical (unpaired) electrons. The Bertz CT molecular complexity index is 583. The smallest absolute Gasteiger partial charge is 0.238 e. The van der Waals surface area contributed by atoms with Crippen molar-refractivity contribution in [2.45, 2.75) is 52.6 Å².